The zero-order chi connectivity index (χ0) is 16.8. The van der Waals surface area contributed by atoms with Crippen molar-refractivity contribution in [3.05, 3.63) is 64.6 Å². The molecule has 2 aromatic carbocycles. The lowest BCUT2D eigenvalue weighted by Crippen LogP contribution is -1.99. The molecule has 0 unspecified atom stereocenters. The maximum atomic E-state index is 12.1. The molecule has 0 aliphatic heterocycles. The molecule has 3 rings (SSSR count). The van der Waals surface area contributed by atoms with Crippen molar-refractivity contribution in [2.24, 2.45) is 0 Å². The molecule has 0 saturated heterocycles. The summed E-state index contributed by atoms with van der Waals surface area (Å²) in [6.07, 6.45) is 1.27. The van der Waals surface area contributed by atoms with E-state index in [9.17, 15) is 4.79 Å². The monoisotopic (exact) mass is 402 g/mol. The van der Waals surface area contributed by atoms with Gasteiger partial charge >= 0.3 is 0 Å². The van der Waals surface area contributed by atoms with Crippen LogP contribution >= 0.6 is 27.7 Å². The molecule has 0 atom stereocenters. The van der Waals surface area contributed by atoms with Crippen molar-refractivity contribution in [3.8, 4) is 11.5 Å². The number of ketones is 1. The van der Waals surface area contributed by atoms with Crippen LogP contribution in [0.15, 0.2) is 68.7 Å². The van der Waals surface area contributed by atoms with Crippen LogP contribution in [-0.4, -0.2) is 21.7 Å². The van der Waals surface area contributed by atoms with Crippen molar-refractivity contribution < 1.29 is 9.21 Å². The summed E-state index contributed by atoms with van der Waals surface area (Å²) < 4.78 is 6.60. The van der Waals surface area contributed by atoms with E-state index >= 15 is 0 Å². The Morgan fingerprint density at radius 2 is 1.79 bits per heavy atom. The van der Waals surface area contributed by atoms with Crippen molar-refractivity contribution in [3.63, 3.8) is 0 Å². The summed E-state index contributed by atoms with van der Waals surface area (Å²) in [5.41, 5.74) is 1.65. The van der Waals surface area contributed by atoms with Crippen LogP contribution in [0.1, 0.15) is 23.2 Å². The number of Topliss-reactive ketones (excluding diaryl/α,β-unsaturated/α-hetero) is 1. The average molecular weight is 403 g/mol. The zero-order valence-corrected chi connectivity index (χ0v) is 15.2. The third-order valence-electron chi connectivity index (χ3n) is 3.37. The minimum atomic E-state index is 0.151. The molecule has 24 heavy (non-hydrogen) atoms. The Hall–Kier alpha value is -1.92. The second kappa shape index (κ2) is 8.26. The highest BCUT2D eigenvalue weighted by Crippen LogP contribution is 2.23. The molecule has 0 aliphatic carbocycles. The van der Waals surface area contributed by atoms with E-state index in [0.717, 1.165) is 27.8 Å². The van der Waals surface area contributed by atoms with Crippen LogP contribution in [0.3, 0.4) is 0 Å². The molecular weight excluding hydrogens is 388 g/mol. The number of halogens is 1. The van der Waals surface area contributed by atoms with E-state index in [4.69, 9.17) is 4.42 Å². The number of nitrogens with zero attached hydrogens (tertiary/aromatic N) is 2. The lowest BCUT2D eigenvalue weighted by Gasteiger charge is -2.00. The third kappa shape index (κ3) is 4.55. The van der Waals surface area contributed by atoms with Gasteiger partial charge in [-0.15, -0.1) is 10.2 Å². The lowest BCUT2D eigenvalue weighted by atomic mass is 10.1. The van der Waals surface area contributed by atoms with Gasteiger partial charge < -0.3 is 4.42 Å². The van der Waals surface area contributed by atoms with Crippen molar-refractivity contribution in [2.45, 2.75) is 18.1 Å². The molecule has 0 N–H and O–H groups in total. The molecule has 1 heterocycles. The van der Waals surface area contributed by atoms with Crippen molar-refractivity contribution in [1.29, 1.82) is 0 Å². The predicted octanol–water partition coefficient (Wildman–Crippen LogP) is 5.25. The first-order valence-corrected chi connectivity index (χ1v) is 9.31. The number of hydrogen-bond donors (Lipinski definition) is 0. The van der Waals surface area contributed by atoms with Crippen molar-refractivity contribution in [2.75, 3.05) is 5.75 Å². The quantitative estimate of drug-likeness (QED) is 0.306. The van der Waals surface area contributed by atoms with Crippen LogP contribution in [0, 0.1) is 0 Å². The Labute approximate surface area is 152 Å². The van der Waals surface area contributed by atoms with E-state index < -0.39 is 0 Å². The summed E-state index contributed by atoms with van der Waals surface area (Å²) in [7, 11) is 0. The second-order valence-electron chi connectivity index (χ2n) is 5.12. The summed E-state index contributed by atoms with van der Waals surface area (Å²) in [6.45, 7) is 0. The molecule has 0 saturated carbocycles. The summed E-state index contributed by atoms with van der Waals surface area (Å²) in [5, 5.41) is 8.61. The second-order valence-corrected chi connectivity index (χ2v) is 7.08. The van der Waals surface area contributed by atoms with Gasteiger partial charge in [-0.3, -0.25) is 4.79 Å². The van der Waals surface area contributed by atoms with Crippen LogP contribution in [0.2, 0.25) is 0 Å². The number of hydrogen-bond acceptors (Lipinski definition) is 5. The van der Waals surface area contributed by atoms with Gasteiger partial charge in [0, 0.05) is 27.8 Å². The third-order valence-corrected chi connectivity index (χ3v) is 4.80. The normalized spacial score (nSPS) is 10.7. The summed E-state index contributed by atoms with van der Waals surface area (Å²) in [5.74, 6) is 1.43. The molecule has 1 aromatic heterocycles. The molecule has 0 radical (unpaired) electrons. The molecule has 6 heteroatoms. The number of benzene rings is 2. The van der Waals surface area contributed by atoms with Gasteiger partial charge in [0.15, 0.2) is 5.78 Å². The molecule has 0 spiro atoms. The van der Waals surface area contributed by atoms with Crippen molar-refractivity contribution >= 4 is 33.5 Å². The smallest absolute Gasteiger partial charge is 0.276 e. The fourth-order valence-electron chi connectivity index (χ4n) is 2.14. The minimum Gasteiger partial charge on any atom is -0.411 e. The number of carbonyl (C=O) groups excluding carboxylic acids is 1. The van der Waals surface area contributed by atoms with Crippen molar-refractivity contribution in [1.82, 2.24) is 10.2 Å². The zero-order valence-electron chi connectivity index (χ0n) is 12.8. The highest BCUT2D eigenvalue weighted by atomic mass is 79.9. The largest absolute Gasteiger partial charge is 0.411 e. The van der Waals surface area contributed by atoms with Gasteiger partial charge in [-0.1, -0.05) is 58.0 Å². The van der Waals surface area contributed by atoms with Gasteiger partial charge in [0.2, 0.25) is 5.89 Å². The van der Waals surface area contributed by atoms with Crippen LogP contribution in [-0.2, 0) is 0 Å². The van der Waals surface area contributed by atoms with Crippen LogP contribution < -0.4 is 0 Å². The number of aromatic nitrogens is 2. The van der Waals surface area contributed by atoms with Gasteiger partial charge in [0.05, 0.1) is 0 Å². The lowest BCUT2D eigenvalue weighted by molar-refractivity contribution is 0.0982. The minimum absolute atomic E-state index is 0.151. The van der Waals surface area contributed by atoms with Gasteiger partial charge in [-0.25, -0.2) is 0 Å². The number of rotatable bonds is 7. The van der Waals surface area contributed by atoms with Crippen LogP contribution in [0.5, 0.6) is 0 Å². The predicted molar refractivity (Wildman–Crippen MR) is 98.2 cm³/mol. The Bertz CT molecular complexity index is 803. The molecular formula is C18H15BrN2O2S. The molecule has 0 fully saturated rings. The first kappa shape index (κ1) is 16.9. The first-order valence-electron chi connectivity index (χ1n) is 7.53. The summed E-state index contributed by atoms with van der Waals surface area (Å²) >= 11 is 4.84. The molecule has 4 nitrogen and oxygen atoms in total. The van der Waals surface area contributed by atoms with Gasteiger partial charge in [0.25, 0.3) is 5.22 Å². The Morgan fingerprint density at radius 3 is 2.54 bits per heavy atom. The fraction of sp³-hybridized carbons (Fsp3) is 0.167. The molecule has 3 aromatic rings. The van der Waals surface area contributed by atoms with E-state index in [-0.39, 0.29) is 5.78 Å². The number of carbonyl (C=O) groups is 1. The molecule has 0 aliphatic rings. The maximum Gasteiger partial charge on any atom is 0.276 e. The molecule has 0 amide bonds. The summed E-state index contributed by atoms with van der Waals surface area (Å²) in [6, 6.07) is 17.1. The van der Waals surface area contributed by atoms with Gasteiger partial charge in [0.1, 0.15) is 0 Å². The molecule has 122 valence electrons. The Morgan fingerprint density at radius 1 is 1.04 bits per heavy atom. The van der Waals surface area contributed by atoms with E-state index in [2.05, 4.69) is 26.1 Å². The highest BCUT2D eigenvalue weighted by molar-refractivity contribution is 9.10. The van der Waals surface area contributed by atoms with Crippen LogP contribution in [0.4, 0.5) is 0 Å². The van der Waals surface area contributed by atoms with Gasteiger partial charge in [-0.05, 0) is 30.7 Å². The first-order chi connectivity index (χ1) is 11.7. The average Bonchev–Trinajstić information content (AvgIpc) is 3.09. The molecule has 0 bridgehead atoms. The topological polar surface area (TPSA) is 56.0 Å². The van der Waals surface area contributed by atoms with E-state index in [1.807, 2.05) is 54.6 Å². The number of thioether (sulfide) groups is 1. The standard InChI is InChI=1S/C18H15BrN2O2S/c19-15-10-8-13(9-11-15)16(22)7-4-12-24-18-21-20-17(23-18)14-5-2-1-3-6-14/h1-3,5-6,8-11H,4,7,12H2. The highest BCUT2D eigenvalue weighted by Gasteiger charge is 2.09. The van der Waals surface area contributed by atoms with E-state index in [1.165, 1.54) is 11.8 Å². The summed E-state index contributed by atoms with van der Waals surface area (Å²) in [4.78, 5) is 12.1. The van der Waals surface area contributed by atoms with E-state index in [1.54, 1.807) is 0 Å². The van der Waals surface area contributed by atoms with Gasteiger partial charge in [-0.2, -0.15) is 0 Å². The fourth-order valence-corrected chi connectivity index (χ4v) is 3.10. The maximum absolute atomic E-state index is 12.1. The Balaban J connectivity index is 1.46. The SMILES string of the molecule is O=C(CCCSc1nnc(-c2ccccc2)o1)c1ccc(Br)cc1. The Kier molecular flexibility index (Phi) is 5.82. The van der Waals surface area contributed by atoms with E-state index in [0.29, 0.717) is 17.5 Å². The van der Waals surface area contributed by atoms with Crippen LogP contribution in [0.25, 0.3) is 11.5 Å².